The number of aliphatic hydroxyl groups is 1. The van der Waals surface area contributed by atoms with Crippen LogP contribution in [0.25, 0.3) is 0 Å². The molecule has 1 amide bonds. The average Bonchev–Trinajstić information content (AvgIpc) is 2.76. The summed E-state index contributed by atoms with van der Waals surface area (Å²) in [6, 6.07) is 4.10. The highest BCUT2D eigenvalue weighted by atomic mass is 19.4. The Balaban J connectivity index is 2.45. The summed E-state index contributed by atoms with van der Waals surface area (Å²) >= 11 is 0. The third kappa shape index (κ3) is 3.66. The molecule has 24 heavy (non-hydrogen) atoms. The van der Waals surface area contributed by atoms with Crippen molar-refractivity contribution in [1.29, 1.82) is 0 Å². The predicted molar refractivity (Wildman–Crippen MR) is 76.5 cm³/mol. The second-order valence-corrected chi connectivity index (χ2v) is 6.34. The van der Waals surface area contributed by atoms with Crippen LogP contribution in [0.4, 0.5) is 22.4 Å². The van der Waals surface area contributed by atoms with Crippen molar-refractivity contribution in [2.45, 2.75) is 44.7 Å². The quantitative estimate of drug-likeness (QED) is 0.790. The molecule has 1 N–H and O–H groups in total. The molecule has 0 saturated carbocycles. The fraction of sp³-hybridized carbons (Fsp3) is 0.467. The molecule has 1 aliphatic rings. The van der Waals surface area contributed by atoms with E-state index in [1.807, 2.05) is 0 Å². The smallest absolute Gasteiger partial charge is 0.433 e. The molecule has 2 rings (SSSR count). The van der Waals surface area contributed by atoms with Gasteiger partial charge in [-0.05, 0) is 32.9 Å². The van der Waals surface area contributed by atoms with E-state index < -0.39 is 41.5 Å². The highest BCUT2D eigenvalue weighted by Crippen LogP contribution is 2.40. The van der Waals surface area contributed by atoms with E-state index in [2.05, 4.69) is 5.10 Å². The van der Waals surface area contributed by atoms with Gasteiger partial charge in [0.1, 0.15) is 17.1 Å². The first-order chi connectivity index (χ1) is 10.8. The van der Waals surface area contributed by atoms with E-state index in [4.69, 9.17) is 4.74 Å². The molecule has 1 heterocycles. The number of nitrogens with zero attached hydrogens (tertiary/aromatic N) is 2. The molecule has 0 aromatic heterocycles. The summed E-state index contributed by atoms with van der Waals surface area (Å²) in [5.74, 6) is -0.638. The van der Waals surface area contributed by atoms with E-state index in [0.717, 1.165) is 24.3 Å². The van der Waals surface area contributed by atoms with Crippen LogP contribution < -0.4 is 0 Å². The largest absolute Gasteiger partial charge is 0.442 e. The molecule has 1 aromatic carbocycles. The fourth-order valence-corrected chi connectivity index (χ4v) is 2.14. The molecule has 9 heteroatoms. The van der Waals surface area contributed by atoms with Gasteiger partial charge in [-0.25, -0.2) is 9.18 Å². The standard InChI is InChI=1S/C15H16F4N2O3/c1-13(2,3)24-12(22)21-14(23,8-11(20-21)15(17,18)19)9-4-6-10(16)7-5-9/h4-7,23H,8H2,1-3H3/t14-/m1/s1. The molecule has 1 atom stereocenters. The maximum atomic E-state index is 13.0. The molecule has 0 fully saturated rings. The molecule has 0 unspecified atom stereocenters. The third-order valence-corrected chi connectivity index (χ3v) is 3.19. The normalized spacial score (nSPS) is 21.7. The minimum Gasteiger partial charge on any atom is -0.442 e. The maximum absolute atomic E-state index is 13.0. The summed E-state index contributed by atoms with van der Waals surface area (Å²) in [5, 5.41) is 14.1. The van der Waals surface area contributed by atoms with Crippen molar-refractivity contribution in [3.05, 3.63) is 35.6 Å². The van der Waals surface area contributed by atoms with Crippen LogP contribution in [0.2, 0.25) is 0 Å². The first-order valence-electron chi connectivity index (χ1n) is 6.99. The Morgan fingerprint density at radius 3 is 2.25 bits per heavy atom. The molecular formula is C15H16F4N2O3. The highest BCUT2D eigenvalue weighted by Gasteiger charge is 2.54. The molecule has 0 saturated heterocycles. The number of hydrogen-bond acceptors (Lipinski definition) is 4. The van der Waals surface area contributed by atoms with E-state index in [9.17, 15) is 27.5 Å². The third-order valence-electron chi connectivity index (χ3n) is 3.19. The number of hydrogen-bond donors (Lipinski definition) is 1. The van der Waals surface area contributed by atoms with E-state index in [1.165, 1.54) is 20.8 Å². The second-order valence-electron chi connectivity index (χ2n) is 6.34. The summed E-state index contributed by atoms with van der Waals surface area (Å²) in [7, 11) is 0. The van der Waals surface area contributed by atoms with Crippen LogP contribution in [0.1, 0.15) is 32.8 Å². The van der Waals surface area contributed by atoms with Crippen molar-refractivity contribution in [2.24, 2.45) is 5.10 Å². The van der Waals surface area contributed by atoms with Gasteiger partial charge in [0.15, 0.2) is 5.72 Å². The predicted octanol–water partition coefficient (Wildman–Crippen LogP) is 3.53. The zero-order chi connectivity index (χ0) is 18.3. The lowest BCUT2D eigenvalue weighted by Gasteiger charge is -2.32. The van der Waals surface area contributed by atoms with Crippen molar-refractivity contribution in [1.82, 2.24) is 5.01 Å². The van der Waals surface area contributed by atoms with Gasteiger partial charge in [0.25, 0.3) is 0 Å². The first kappa shape index (κ1) is 18.2. The lowest BCUT2D eigenvalue weighted by atomic mass is 9.97. The van der Waals surface area contributed by atoms with Crippen molar-refractivity contribution in [2.75, 3.05) is 0 Å². The van der Waals surface area contributed by atoms with Crippen LogP contribution in [0.5, 0.6) is 0 Å². The van der Waals surface area contributed by atoms with Crippen molar-refractivity contribution < 1.29 is 32.2 Å². The zero-order valence-electron chi connectivity index (χ0n) is 13.2. The minimum atomic E-state index is -4.83. The Bertz CT molecular complexity index is 665. The molecule has 1 aliphatic heterocycles. The lowest BCUT2D eigenvalue weighted by Crippen LogP contribution is -2.45. The van der Waals surface area contributed by atoms with Crippen molar-refractivity contribution in [3.8, 4) is 0 Å². The molecule has 5 nitrogen and oxygen atoms in total. The number of ether oxygens (including phenoxy) is 1. The lowest BCUT2D eigenvalue weighted by molar-refractivity contribution is -0.0995. The van der Waals surface area contributed by atoms with Gasteiger partial charge in [-0.15, -0.1) is 0 Å². The minimum absolute atomic E-state index is 0.113. The number of carbonyl (C=O) groups excluding carboxylic acids is 1. The van der Waals surface area contributed by atoms with E-state index in [1.54, 1.807) is 0 Å². The van der Waals surface area contributed by atoms with Crippen LogP contribution in [-0.2, 0) is 10.5 Å². The highest BCUT2D eigenvalue weighted by molar-refractivity contribution is 5.93. The second kappa shape index (κ2) is 5.73. The van der Waals surface area contributed by atoms with Gasteiger partial charge < -0.3 is 9.84 Å². The van der Waals surface area contributed by atoms with Gasteiger partial charge in [0.2, 0.25) is 0 Å². The first-order valence-corrected chi connectivity index (χ1v) is 6.99. The van der Waals surface area contributed by atoms with E-state index >= 15 is 0 Å². The van der Waals surface area contributed by atoms with Crippen LogP contribution in [0.3, 0.4) is 0 Å². The molecule has 1 aromatic rings. The Kier molecular flexibility index (Phi) is 4.34. The Morgan fingerprint density at radius 1 is 1.25 bits per heavy atom. The SMILES string of the molecule is CC(C)(C)OC(=O)N1N=C(C(F)(F)F)C[C@@]1(O)c1ccc(F)cc1. The number of halogens is 4. The molecule has 132 valence electrons. The number of rotatable bonds is 1. The molecule has 0 radical (unpaired) electrons. The fourth-order valence-electron chi connectivity index (χ4n) is 2.14. The zero-order valence-corrected chi connectivity index (χ0v) is 13.2. The summed E-state index contributed by atoms with van der Waals surface area (Å²) in [4.78, 5) is 12.2. The van der Waals surface area contributed by atoms with Crippen LogP contribution >= 0.6 is 0 Å². The van der Waals surface area contributed by atoms with Gasteiger partial charge in [0.05, 0.1) is 6.42 Å². The molecule has 0 spiro atoms. The van der Waals surface area contributed by atoms with Crippen molar-refractivity contribution in [3.63, 3.8) is 0 Å². The number of amides is 1. The Hall–Kier alpha value is -2.16. The number of carbonyl (C=O) groups is 1. The van der Waals surface area contributed by atoms with Gasteiger partial charge in [-0.2, -0.15) is 23.3 Å². The van der Waals surface area contributed by atoms with Gasteiger partial charge in [-0.3, -0.25) is 0 Å². The molecular weight excluding hydrogens is 332 g/mol. The number of benzene rings is 1. The van der Waals surface area contributed by atoms with Gasteiger partial charge >= 0.3 is 12.3 Å². The molecule has 0 aliphatic carbocycles. The average molecular weight is 348 g/mol. The van der Waals surface area contributed by atoms with E-state index in [0.29, 0.717) is 0 Å². The summed E-state index contributed by atoms with van der Waals surface area (Å²) in [6.45, 7) is 4.56. The summed E-state index contributed by atoms with van der Waals surface area (Å²) in [5.41, 5.74) is -4.86. The molecule has 0 bridgehead atoms. The van der Waals surface area contributed by atoms with Gasteiger partial charge in [0, 0.05) is 5.56 Å². The topological polar surface area (TPSA) is 62.1 Å². The summed E-state index contributed by atoms with van der Waals surface area (Å²) in [6.07, 6.45) is -7.06. The van der Waals surface area contributed by atoms with Crippen LogP contribution in [0, 0.1) is 5.82 Å². The van der Waals surface area contributed by atoms with Crippen LogP contribution in [-0.4, -0.2) is 33.7 Å². The Morgan fingerprint density at radius 2 is 1.79 bits per heavy atom. The van der Waals surface area contributed by atoms with E-state index in [-0.39, 0.29) is 10.6 Å². The summed E-state index contributed by atoms with van der Waals surface area (Å²) < 4.78 is 57.0. The number of hydrazone groups is 1. The van der Waals surface area contributed by atoms with Crippen molar-refractivity contribution >= 4 is 11.8 Å². The maximum Gasteiger partial charge on any atom is 0.433 e. The van der Waals surface area contributed by atoms with Crippen LogP contribution in [0.15, 0.2) is 29.4 Å². The Labute approximate surface area is 135 Å². The number of alkyl halides is 3. The monoisotopic (exact) mass is 348 g/mol. The van der Waals surface area contributed by atoms with Gasteiger partial charge in [-0.1, -0.05) is 12.1 Å².